The molecule has 1 aliphatic rings. The highest BCUT2D eigenvalue weighted by atomic mass is 32.1. The van der Waals surface area contributed by atoms with Gasteiger partial charge in [-0.25, -0.2) is 9.67 Å². The summed E-state index contributed by atoms with van der Waals surface area (Å²) in [6.07, 6.45) is 3.57. The molecule has 2 aromatic carbocycles. The molecule has 1 aliphatic heterocycles. The van der Waals surface area contributed by atoms with E-state index in [0.29, 0.717) is 12.1 Å². The van der Waals surface area contributed by atoms with Gasteiger partial charge in [-0.15, -0.1) is 16.4 Å². The van der Waals surface area contributed by atoms with Crippen LogP contribution in [0.1, 0.15) is 34.1 Å². The van der Waals surface area contributed by atoms with Crippen LogP contribution >= 0.6 is 11.3 Å². The summed E-state index contributed by atoms with van der Waals surface area (Å²) in [7, 11) is 0. The zero-order valence-corrected chi connectivity index (χ0v) is 15.9. The van der Waals surface area contributed by atoms with Crippen LogP contribution in [0.2, 0.25) is 0 Å². The average molecular weight is 390 g/mol. The molecule has 0 spiro atoms. The Balaban J connectivity index is 1.37. The topological polar surface area (TPSA) is 76.8 Å². The zero-order valence-electron chi connectivity index (χ0n) is 15.1. The highest BCUT2D eigenvalue weighted by molar-refractivity contribution is 7.18. The molecule has 0 bridgehead atoms. The third-order valence-corrected chi connectivity index (χ3v) is 6.27. The van der Waals surface area contributed by atoms with Crippen molar-refractivity contribution >= 4 is 27.5 Å². The van der Waals surface area contributed by atoms with E-state index in [0.717, 1.165) is 35.6 Å². The number of hydrogen-bond acceptors (Lipinski definition) is 6. The summed E-state index contributed by atoms with van der Waals surface area (Å²) in [5.41, 5.74) is 2.47. The number of para-hydroxylation sites is 1. The van der Waals surface area contributed by atoms with Crippen LogP contribution in [-0.2, 0) is 0 Å². The first kappa shape index (κ1) is 17.0. The quantitative estimate of drug-likeness (QED) is 0.536. The minimum Gasteiger partial charge on any atom is -0.338 e. The van der Waals surface area contributed by atoms with Gasteiger partial charge in [0, 0.05) is 24.6 Å². The SMILES string of the molecule is O=C(c1cccc(-n2cnnn2)c1)N1CCC[C@H](c2nc3ccccc3s2)C1. The van der Waals surface area contributed by atoms with Crippen LogP contribution in [0.5, 0.6) is 0 Å². The largest absolute Gasteiger partial charge is 0.338 e. The molecular weight excluding hydrogens is 372 g/mol. The first-order valence-corrected chi connectivity index (χ1v) is 10.1. The van der Waals surface area contributed by atoms with E-state index >= 15 is 0 Å². The van der Waals surface area contributed by atoms with Gasteiger partial charge in [0.25, 0.3) is 5.91 Å². The lowest BCUT2D eigenvalue weighted by Crippen LogP contribution is -2.39. The number of nitrogens with zero attached hydrogens (tertiary/aromatic N) is 6. The van der Waals surface area contributed by atoms with Gasteiger partial charge in [0.2, 0.25) is 0 Å². The predicted molar refractivity (Wildman–Crippen MR) is 107 cm³/mol. The smallest absolute Gasteiger partial charge is 0.253 e. The van der Waals surface area contributed by atoms with E-state index in [1.165, 1.54) is 11.0 Å². The third kappa shape index (κ3) is 3.16. The summed E-state index contributed by atoms with van der Waals surface area (Å²) in [6.45, 7) is 1.48. The Morgan fingerprint density at radius 3 is 2.93 bits per heavy atom. The molecule has 140 valence electrons. The van der Waals surface area contributed by atoms with Crippen molar-refractivity contribution in [3.63, 3.8) is 0 Å². The van der Waals surface area contributed by atoms with Crippen LogP contribution in [0.15, 0.2) is 54.9 Å². The molecule has 8 heteroatoms. The molecule has 5 rings (SSSR count). The predicted octanol–water partition coefficient (Wildman–Crippen LogP) is 3.29. The molecule has 0 unspecified atom stereocenters. The number of aromatic nitrogens is 5. The maximum Gasteiger partial charge on any atom is 0.253 e. The van der Waals surface area contributed by atoms with Crippen molar-refractivity contribution in [3.8, 4) is 5.69 Å². The monoisotopic (exact) mass is 390 g/mol. The molecule has 0 N–H and O–H groups in total. The first-order chi connectivity index (χ1) is 13.8. The number of likely N-dealkylation sites (tertiary alicyclic amines) is 1. The van der Waals surface area contributed by atoms with Crippen LogP contribution in [0.25, 0.3) is 15.9 Å². The second-order valence-corrected chi connectivity index (χ2v) is 7.98. The van der Waals surface area contributed by atoms with E-state index in [1.54, 1.807) is 16.0 Å². The van der Waals surface area contributed by atoms with Gasteiger partial charge in [0.05, 0.1) is 20.9 Å². The van der Waals surface area contributed by atoms with Gasteiger partial charge in [-0.2, -0.15) is 0 Å². The molecule has 3 heterocycles. The van der Waals surface area contributed by atoms with Crippen LogP contribution in [0, 0.1) is 0 Å². The fourth-order valence-electron chi connectivity index (χ4n) is 3.67. The minimum atomic E-state index is 0.0423. The van der Waals surface area contributed by atoms with Crippen molar-refractivity contribution < 1.29 is 4.79 Å². The fraction of sp³-hybridized carbons (Fsp3) is 0.250. The molecule has 1 amide bonds. The second-order valence-electron chi connectivity index (χ2n) is 6.91. The van der Waals surface area contributed by atoms with Gasteiger partial charge >= 0.3 is 0 Å². The number of piperidine rings is 1. The zero-order chi connectivity index (χ0) is 18.9. The molecule has 1 fully saturated rings. The molecule has 1 saturated heterocycles. The number of carbonyl (C=O) groups excluding carboxylic acids is 1. The number of amides is 1. The Morgan fingerprint density at radius 1 is 1.14 bits per heavy atom. The van der Waals surface area contributed by atoms with E-state index in [9.17, 15) is 4.79 Å². The van der Waals surface area contributed by atoms with E-state index in [-0.39, 0.29) is 11.8 Å². The summed E-state index contributed by atoms with van der Waals surface area (Å²) in [5.74, 6) is 0.332. The molecule has 7 nitrogen and oxygen atoms in total. The van der Waals surface area contributed by atoms with Crippen molar-refractivity contribution in [2.75, 3.05) is 13.1 Å². The Kier molecular flexibility index (Phi) is 4.32. The van der Waals surface area contributed by atoms with Gasteiger partial charge in [-0.3, -0.25) is 4.79 Å². The van der Waals surface area contributed by atoms with Gasteiger partial charge < -0.3 is 4.90 Å². The lowest BCUT2D eigenvalue weighted by molar-refractivity contribution is 0.0707. The molecule has 28 heavy (non-hydrogen) atoms. The Hall–Kier alpha value is -3.13. The Morgan fingerprint density at radius 2 is 2.07 bits per heavy atom. The molecular formula is C20H18N6OS. The number of tetrazole rings is 1. The molecule has 0 radical (unpaired) electrons. The number of hydrogen-bond donors (Lipinski definition) is 0. The second kappa shape index (κ2) is 7.12. The van der Waals surface area contributed by atoms with E-state index < -0.39 is 0 Å². The maximum absolute atomic E-state index is 13.1. The van der Waals surface area contributed by atoms with Gasteiger partial charge in [-0.05, 0) is 53.6 Å². The summed E-state index contributed by atoms with van der Waals surface area (Å²) < 4.78 is 2.76. The molecule has 0 saturated carbocycles. The van der Waals surface area contributed by atoms with Crippen LogP contribution in [0.4, 0.5) is 0 Å². The van der Waals surface area contributed by atoms with Crippen molar-refractivity contribution in [1.29, 1.82) is 0 Å². The van der Waals surface area contributed by atoms with E-state index in [4.69, 9.17) is 4.98 Å². The van der Waals surface area contributed by atoms with Crippen molar-refractivity contribution in [2.24, 2.45) is 0 Å². The average Bonchev–Trinajstić information content (AvgIpc) is 3.43. The summed E-state index contributed by atoms with van der Waals surface area (Å²) in [4.78, 5) is 19.9. The molecule has 2 aromatic heterocycles. The van der Waals surface area contributed by atoms with Gasteiger partial charge in [-0.1, -0.05) is 18.2 Å². The number of fused-ring (bicyclic) bond motifs is 1. The fourth-order valence-corrected chi connectivity index (χ4v) is 4.76. The third-order valence-electron chi connectivity index (χ3n) is 5.07. The van der Waals surface area contributed by atoms with Crippen LogP contribution in [-0.4, -0.2) is 49.1 Å². The Bertz CT molecular complexity index is 1090. The summed E-state index contributed by atoms with van der Waals surface area (Å²) >= 11 is 1.74. The van der Waals surface area contributed by atoms with Crippen molar-refractivity contribution in [2.45, 2.75) is 18.8 Å². The summed E-state index contributed by atoms with van der Waals surface area (Å²) in [5, 5.41) is 12.3. The van der Waals surface area contributed by atoms with E-state index in [2.05, 4.69) is 21.6 Å². The van der Waals surface area contributed by atoms with Gasteiger partial charge in [0.1, 0.15) is 6.33 Å². The van der Waals surface area contributed by atoms with Crippen molar-refractivity contribution in [3.05, 3.63) is 65.4 Å². The van der Waals surface area contributed by atoms with Gasteiger partial charge in [0.15, 0.2) is 0 Å². The highest BCUT2D eigenvalue weighted by Crippen LogP contribution is 2.33. The number of benzene rings is 2. The van der Waals surface area contributed by atoms with Crippen molar-refractivity contribution in [1.82, 2.24) is 30.1 Å². The number of rotatable bonds is 3. The van der Waals surface area contributed by atoms with Crippen LogP contribution in [0.3, 0.4) is 0 Å². The number of carbonyl (C=O) groups is 1. The lowest BCUT2D eigenvalue weighted by Gasteiger charge is -2.32. The summed E-state index contributed by atoms with van der Waals surface area (Å²) in [6, 6.07) is 15.6. The lowest BCUT2D eigenvalue weighted by atomic mass is 9.98. The normalized spacial score (nSPS) is 17.1. The highest BCUT2D eigenvalue weighted by Gasteiger charge is 2.27. The molecule has 4 aromatic rings. The van der Waals surface area contributed by atoms with Crippen LogP contribution < -0.4 is 0 Å². The van der Waals surface area contributed by atoms with E-state index in [1.807, 2.05) is 47.4 Å². The molecule has 1 atom stereocenters. The number of thiazole rings is 1. The molecule has 0 aliphatic carbocycles. The first-order valence-electron chi connectivity index (χ1n) is 9.26. The maximum atomic E-state index is 13.1. The minimum absolute atomic E-state index is 0.0423. The standard InChI is InChI=1S/C20H18N6OS/c27-20(14-5-3-7-16(11-14)26-13-21-23-24-26)25-10-4-6-15(12-25)19-22-17-8-1-2-9-18(17)28-19/h1-3,5,7-9,11,13,15H,4,6,10,12H2/t15-/m0/s1. The Labute approximate surface area is 165 Å².